The molecular weight excluding hydrogens is 280 g/mol. The molecule has 0 radical (unpaired) electrons. The number of nitrogens with one attached hydrogen (secondary N) is 1. The van der Waals surface area contributed by atoms with Crippen LogP contribution >= 0.6 is 11.6 Å². The molecule has 1 N–H and O–H groups in total. The third kappa shape index (κ3) is 3.39. The fourth-order valence-corrected chi connectivity index (χ4v) is 3.02. The minimum Gasteiger partial charge on any atom is -0.370 e. The van der Waals surface area contributed by atoms with Crippen LogP contribution in [0.5, 0.6) is 0 Å². The van der Waals surface area contributed by atoms with Gasteiger partial charge in [0.05, 0.1) is 0 Å². The van der Waals surface area contributed by atoms with Gasteiger partial charge in [0.25, 0.3) is 0 Å². The van der Waals surface area contributed by atoms with Gasteiger partial charge in [-0.3, -0.25) is 0 Å². The van der Waals surface area contributed by atoms with Crippen LogP contribution in [-0.4, -0.2) is 19.6 Å². The molecule has 3 rings (SSSR count). The molecule has 2 aromatic carbocycles. The van der Waals surface area contributed by atoms with Crippen molar-refractivity contribution in [3.05, 3.63) is 64.7 Å². The first kappa shape index (κ1) is 14.4. The summed E-state index contributed by atoms with van der Waals surface area (Å²) in [5.74, 6) is 0. The van der Waals surface area contributed by atoms with Gasteiger partial charge in [0, 0.05) is 29.8 Å². The SMILES string of the molecule is Cc1ccc(N2CCCNC(c3ccccc3)C2)cc1Cl. The van der Waals surface area contributed by atoms with Crippen molar-refractivity contribution in [2.75, 3.05) is 24.5 Å². The van der Waals surface area contributed by atoms with E-state index in [2.05, 4.69) is 58.7 Å². The van der Waals surface area contributed by atoms with Crippen molar-refractivity contribution in [1.82, 2.24) is 5.32 Å². The van der Waals surface area contributed by atoms with Crippen molar-refractivity contribution < 1.29 is 0 Å². The van der Waals surface area contributed by atoms with Crippen molar-refractivity contribution in [2.24, 2.45) is 0 Å². The van der Waals surface area contributed by atoms with Crippen LogP contribution in [-0.2, 0) is 0 Å². The van der Waals surface area contributed by atoms with E-state index in [0.29, 0.717) is 6.04 Å². The van der Waals surface area contributed by atoms with Crippen LogP contribution < -0.4 is 10.2 Å². The second-order valence-electron chi connectivity index (χ2n) is 5.65. The highest BCUT2D eigenvalue weighted by molar-refractivity contribution is 6.31. The summed E-state index contributed by atoms with van der Waals surface area (Å²) in [5.41, 5.74) is 3.70. The Morgan fingerprint density at radius 1 is 1.14 bits per heavy atom. The molecule has 1 fully saturated rings. The Balaban J connectivity index is 1.83. The molecule has 0 bridgehead atoms. The van der Waals surface area contributed by atoms with Gasteiger partial charge in [-0.05, 0) is 43.1 Å². The second kappa shape index (κ2) is 6.50. The molecule has 110 valence electrons. The maximum atomic E-state index is 6.28. The molecule has 0 spiro atoms. The van der Waals surface area contributed by atoms with Crippen molar-refractivity contribution in [2.45, 2.75) is 19.4 Å². The number of benzene rings is 2. The number of halogens is 1. The maximum absolute atomic E-state index is 6.28. The first-order valence-corrected chi connectivity index (χ1v) is 7.91. The van der Waals surface area contributed by atoms with Gasteiger partial charge < -0.3 is 10.2 Å². The zero-order valence-corrected chi connectivity index (χ0v) is 13.1. The first-order chi connectivity index (χ1) is 10.2. The number of anilines is 1. The lowest BCUT2D eigenvalue weighted by atomic mass is 10.1. The van der Waals surface area contributed by atoms with E-state index in [-0.39, 0.29) is 0 Å². The Morgan fingerprint density at radius 3 is 2.71 bits per heavy atom. The van der Waals surface area contributed by atoms with Crippen molar-refractivity contribution >= 4 is 17.3 Å². The summed E-state index contributed by atoms with van der Waals surface area (Å²) >= 11 is 6.28. The van der Waals surface area contributed by atoms with Crippen LogP contribution in [0.4, 0.5) is 5.69 Å². The van der Waals surface area contributed by atoms with E-state index >= 15 is 0 Å². The number of nitrogens with zero attached hydrogens (tertiary/aromatic N) is 1. The molecule has 0 amide bonds. The molecule has 1 aliphatic heterocycles. The molecule has 1 heterocycles. The number of rotatable bonds is 2. The van der Waals surface area contributed by atoms with Crippen molar-refractivity contribution in [3.8, 4) is 0 Å². The molecule has 0 aromatic heterocycles. The predicted octanol–water partition coefficient (Wildman–Crippen LogP) is 4.19. The highest BCUT2D eigenvalue weighted by atomic mass is 35.5. The highest BCUT2D eigenvalue weighted by Gasteiger charge is 2.19. The lowest BCUT2D eigenvalue weighted by Gasteiger charge is -2.27. The van der Waals surface area contributed by atoms with Crippen LogP contribution in [0.3, 0.4) is 0 Å². The van der Waals surface area contributed by atoms with Crippen LogP contribution in [0, 0.1) is 6.92 Å². The Morgan fingerprint density at radius 2 is 1.95 bits per heavy atom. The molecule has 0 aliphatic carbocycles. The summed E-state index contributed by atoms with van der Waals surface area (Å²) in [7, 11) is 0. The molecule has 2 nitrogen and oxygen atoms in total. The zero-order chi connectivity index (χ0) is 14.7. The van der Waals surface area contributed by atoms with Crippen LogP contribution in [0.25, 0.3) is 0 Å². The normalized spacial score (nSPS) is 19.3. The minimum atomic E-state index is 0.369. The zero-order valence-electron chi connectivity index (χ0n) is 12.3. The van der Waals surface area contributed by atoms with Crippen LogP contribution in [0.1, 0.15) is 23.6 Å². The molecule has 1 saturated heterocycles. The van der Waals surface area contributed by atoms with Crippen molar-refractivity contribution in [1.29, 1.82) is 0 Å². The van der Waals surface area contributed by atoms with Gasteiger partial charge in [0.15, 0.2) is 0 Å². The van der Waals surface area contributed by atoms with E-state index in [1.54, 1.807) is 0 Å². The molecule has 3 heteroatoms. The fraction of sp³-hybridized carbons (Fsp3) is 0.333. The topological polar surface area (TPSA) is 15.3 Å². The fourth-order valence-electron chi connectivity index (χ4n) is 2.84. The minimum absolute atomic E-state index is 0.369. The average Bonchev–Trinajstić information content (AvgIpc) is 2.77. The summed E-state index contributed by atoms with van der Waals surface area (Å²) < 4.78 is 0. The predicted molar refractivity (Wildman–Crippen MR) is 90.2 cm³/mol. The number of aryl methyl sites for hydroxylation is 1. The van der Waals surface area contributed by atoms with Gasteiger partial charge in [-0.1, -0.05) is 48.0 Å². The van der Waals surface area contributed by atoms with E-state index < -0.39 is 0 Å². The third-order valence-electron chi connectivity index (χ3n) is 4.12. The summed E-state index contributed by atoms with van der Waals surface area (Å²) in [5, 5.41) is 4.50. The van der Waals surface area contributed by atoms with Crippen molar-refractivity contribution in [3.63, 3.8) is 0 Å². The van der Waals surface area contributed by atoms with Gasteiger partial charge in [-0.2, -0.15) is 0 Å². The van der Waals surface area contributed by atoms with E-state index in [1.165, 1.54) is 11.3 Å². The highest BCUT2D eigenvalue weighted by Crippen LogP contribution is 2.26. The van der Waals surface area contributed by atoms with Gasteiger partial charge in [0.2, 0.25) is 0 Å². The summed E-state index contributed by atoms with van der Waals surface area (Å²) in [6.07, 6.45) is 1.15. The Kier molecular flexibility index (Phi) is 4.47. The maximum Gasteiger partial charge on any atom is 0.0498 e. The molecule has 1 atom stereocenters. The quantitative estimate of drug-likeness (QED) is 0.894. The molecule has 1 aliphatic rings. The van der Waals surface area contributed by atoms with Gasteiger partial charge in [-0.15, -0.1) is 0 Å². The van der Waals surface area contributed by atoms with Gasteiger partial charge in [-0.25, -0.2) is 0 Å². The Hall–Kier alpha value is -1.51. The second-order valence-corrected chi connectivity index (χ2v) is 6.06. The number of hydrogen-bond donors (Lipinski definition) is 1. The molecule has 0 saturated carbocycles. The van der Waals surface area contributed by atoms with Crippen LogP contribution in [0.2, 0.25) is 5.02 Å². The van der Waals surface area contributed by atoms with E-state index in [9.17, 15) is 0 Å². The summed E-state index contributed by atoms with van der Waals surface area (Å²) in [6, 6.07) is 17.4. The lowest BCUT2D eigenvalue weighted by Crippen LogP contribution is -2.31. The molecule has 1 unspecified atom stereocenters. The first-order valence-electron chi connectivity index (χ1n) is 7.53. The third-order valence-corrected chi connectivity index (χ3v) is 4.53. The smallest absolute Gasteiger partial charge is 0.0498 e. The molecule has 21 heavy (non-hydrogen) atoms. The van der Waals surface area contributed by atoms with Gasteiger partial charge in [0.1, 0.15) is 0 Å². The van der Waals surface area contributed by atoms with E-state index in [0.717, 1.165) is 36.6 Å². The van der Waals surface area contributed by atoms with Crippen LogP contribution in [0.15, 0.2) is 48.5 Å². The van der Waals surface area contributed by atoms with E-state index in [4.69, 9.17) is 11.6 Å². The lowest BCUT2D eigenvalue weighted by molar-refractivity contribution is 0.570. The monoisotopic (exact) mass is 300 g/mol. The average molecular weight is 301 g/mol. The summed E-state index contributed by atoms with van der Waals surface area (Å²) in [6.45, 7) is 5.14. The van der Waals surface area contributed by atoms with Gasteiger partial charge >= 0.3 is 0 Å². The molecule has 2 aromatic rings. The summed E-state index contributed by atoms with van der Waals surface area (Å²) in [4.78, 5) is 2.43. The standard InChI is InChI=1S/C18H21ClN2/c1-14-8-9-16(12-17(14)19)21-11-5-10-20-18(13-21)15-6-3-2-4-7-15/h2-4,6-9,12,18,20H,5,10-11,13H2,1H3. The largest absolute Gasteiger partial charge is 0.370 e. The Labute approximate surface area is 131 Å². The Bertz CT molecular complexity index is 597. The number of hydrogen-bond acceptors (Lipinski definition) is 2. The molecular formula is C18H21ClN2. The van der Waals surface area contributed by atoms with E-state index in [1.807, 2.05) is 6.92 Å².